The predicted octanol–water partition coefficient (Wildman–Crippen LogP) is 4.02. The number of carbonyl (C=O) groups is 1. The minimum Gasteiger partial charge on any atom is -0.492 e. The number of methoxy groups -OCH3 is 1. The van der Waals surface area contributed by atoms with Crippen LogP contribution in [-0.4, -0.2) is 30.2 Å². The molecule has 1 atom stereocenters. The Kier molecular flexibility index (Phi) is 5.78. The fraction of sp³-hybridized carbons (Fsp3) is 0.474. The molecule has 5 nitrogen and oxygen atoms in total. The van der Waals surface area contributed by atoms with Crippen molar-refractivity contribution in [3.63, 3.8) is 0 Å². The summed E-state index contributed by atoms with van der Waals surface area (Å²) in [5.74, 6) is 0.898. The molecule has 24 heavy (non-hydrogen) atoms. The molecular formula is C19H26N2O3. The Morgan fingerprint density at radius 3 is 2.71 bits per heavy atom. The minimum atomic E-state index is -0.874. The molecule has 1 heterocycles. The molecule has 0 fully saturated rings. The number of nitrogens with one attached hydrogen (secondary N) is 1. The summed E-state index contributed by atoms with van der Waals surface area (Å²) >= 11 is 0. The first-order valence-corrected chi connectivity index (χ1v) is 8.28. The number of amides is 1. The normalized spacial score (nSPS) is 13.8. The SMILES string of the molecule is CCOc1ccc(NC(=O)C(C)(CC(C)C)OC)c2cccnc12. The zero-order chi connectivity index (χ0) is 17.7. The highest BCUT2D eigenvalue weighted by molar-refractivity contribution is 6.05. The summed E-state index contributed by atoms with van der Waals surface area (Å²) in [5, 5.41) is 3.84. The van der Waals surface area contributed by atoms with Gasteiger partial charge in [0.1, 0.15) is 16.9 Å². The molecular weight excluding hydrogens is 304 g/mol. The molecule has 0 saturated carbocycles. The number of ether oxygens (including phenoxy) is 2. The molecule has 2 aromatic rings. The van der Waals surface area contributed by atoms with Gasteiger partial charge in [-0.1, -0.05) is 13.8 Å². The topological polar surface area (TPSA) is 60.5 Å². The van der Waals surface area contributed by atoms with Gasteiger partial charge in [-0.2, -0.15) is 0 Å². The van der Waals surface area contributed by atoms with Crippen molar-refractivity contribution in [2.24, 2.45) is 5.92 Å². The molecule has 1 aromatic carbocycles. The van der Waals surface area contributed by atoms with Gasteiger partial charge in [0.05, 0.1) is 12.3 Å². The van der Waals surface area contributed by atoms with Gasteiger partial charge >= 0.3 is 0 Å². The van der Waals surface area contributed by atoms with Gasteiger partial charge in [0.2, 0.25) is 0 Å². The number of pyridine rings is 1. The third kappa shape index (κ3) is 3.85. The van der Waals surface area contributed by atoms with E-state index in [1.807, 2.05) is 38.1 Å². The van der Waals surface area contributed by atoms with Crippen LogP contribution in [0.25, 0.3) is 10.9 Å². The van der Waals surface area contributed by atoms with Crippen LogP contribution in [0.4, 0.5) is 5.69 Å². The number of benzene rings is 1. The van der Waals surface area contributed by atoms with E-state index in [9.17, 15) is 4.79 Å². The average Bonchev–Trinajstić information content (AvgIpc) is 2.56. The molecule has 0 aliphatic heterocycles. The summed E-state index contributed by atoms with van der Waals surface area (Å²) < 4.78 is 11.1. The van der Waals surface area contributed by atoms with Crippen LogP contribution in [0.1, 0.15) is 34.1 Å². The number of hydrogen-bond donors (Lipinski definition) is 1. The van der Waals surface area contributed by atoms with Crippen molar-refractivity contribution in [2.75, 3.05) is 19.0 Å². The number of carbonyl (C=O) groups excluding carboxylic acids is 1. The van der Waals surface area contributed by atoms with Gasteiger partial charge in [-0.25, -0.2) is 0 Å². The number of hydrogen-bond acceptors (Lipinski definition) is 4. The molecule has 0 aliphatic rings. The van der Waals surface area contributed by atoms with Gasteiger partial charge in [0.25, 0.3) is 5.91 Å². The van der Waals surface area contributed by atoms with E-state index in [4.69, 9.17) is 9.47 Å². The molecule has 130 valence electrons. The van der Waals surface area contributed by atoms with E-state index >= 15 is 0 Å². The molecule has 0 saturated heterocycles. The van der Waals surface area contributed by atoms with Crippen LogP contribution in [0.15, 0.2) is 30.5 Å². The van der Waals surface area contributed by atoms with E-state index < -0.39 is 5.60 Å². The molecule has 1 unspecified atom stereocenters. The van der Waals surface area contributed by atoms with E-state index in [0.717, 1.165) is 10.9 Å². The van der Waals surface area contributed by atoms with Crippen molar-refractivity contribution in [3.8, 4) is 5.75 Å². The third-order valence-electron chi connectivity index (χ3n) is 4.01. The van der Waals surface area contributed by atoms with Gasteiger partial charge in [-0.05, 0) is 50.5 Å². The van der Waals surface area contributed by atoms with Crippen LogP contribution in [0.2, 0.25) is 0 Å². The predicted molar refractivity (Wildman–Crippen MR) is 96.4 cm³/mol. The lowest BCUT2D eigenvalue weighted by Crippen LogP contribution is -2.43. The zero-order valence-corrected chi connectivity index (χ0v) is 15.1. The Bertz CT molecular complexity index is 715. The van der Waals surface area contributed by atoms with E-state index in [-0.39, 0.29) is 5.91 Å². The highest BCUT2D eigenvalue weighted by Crippen LogP contribution is 2.31. The van der Waals surface area contributed by atoms with Crippen molar-refractivity contribution in [1.29, 1.82) is 0 Å². The maximum absolute atomic E-state index is 12.8. The second-order valence-corrected chi connectivity index (χ2v) is 6.43. The highest BCUT2D eigenvalue weighted by atomic mass is 16.5. The van der Waals surface area contributed by atoms with Crippen LogP contribution >= 0.6 is 0 Å². The lowest BCUT2D eigenvalue weighted by Gasteiger charge is -2.28. The fourth-order valence-corrected chi connectivity index (χ4v) is 2.83. The number of anilines is 1. The van der Waals surface area contributed by atoms with Crippen LogP contribution < -0.4 is 10.1 Å². The van der Waals surface area contributed by atoms with Gasteiger partial charge in [-0.15, -0.1) is 0 Å². The Morgan fingerprint density at radius 2 is 2.08 bits per heavy atom. The molecule has 0 radical (unpaired) electrons. The Balaban J connectivity index is 2.36. The molecule has 5 heteroatoms. The summed E-state index contributed by atoms with van der Waals surface area (Å²) in [6, 6.07) is 7.45. The number of nitrogens with zero attached hydrogens (tertiary/aromatic N) is 1. The van der Waals surface area contributed by atoms with Crippen LogP contribution in [0, 0.1) is 5.92 Å². The first-order chi connectivity index (χ1) is 11.4. The summed E-state index contributed by atoms with van der Waals surface area (Å²) in [6.45, 7) is 8.45. The minimum absolute atomic E-state index is 0.159. The average molecular weight is 330 g/mol. The molecule has 0 bridgehead atoms. The third-order valence-corrected chi connectivity index (χ3v) is 4.01. The smallest absolute Gasteiger partial charge is 0.256 e. The summed E-state index contributed by atoms with van der Waals surface area (Å²) in [7, 11) is 1.57. The Hall–Kier alpha value is -2.14. The zero-order valence-electron chi connectivity index (χ0n) is 15.1. The Morgan fingerprint density at radius 1 is 1.33 bits per heavy atom. The molecule has 1 amide bonds. The van der Waals surface area contributed by atoms with Crippen molar-refractivity contribution >= 4 is 22.5 Å². The lowest BCUT2D eigenvalue weighted by molar-refractivity contribution is -0.137. The monoisotopic (exact) mass is 330 g/mol. The summed E-state index contributed by atoms with van der Waals surface area (Å²) in [4.78, 5) is 17.2. The Labute approximate surface area is 143 Å². The van der Waals surface area contributed by atoms with E-state index in [1.54, 1.807) is 13.3 Å². The lowest BCUT2D eigenvalue weighted by atomic mass is 9.93. The highest BCUT2D eigenvalue weighted by Gasteiger charge is 2.34. The van der Waals surface area contributed by atoms with E-state index in [1.165, 1.54) is 0 Å². The molecule has 2 rings (SSSR count). The molecule has 0 spiro atoms. The van der Waals surface area contributed by atoms with Crippen molar-refractivity contribution in [1.82, 2.24) is 4.98 Å². The van der Waals surface area contributed by atoms with E-state index in [0.29, 0.717) is 30.4 Å². The quantitative estimate of drug-likeness (QED) is 0.833. The van der Waals surface area contributed by atoms with Gasteiger partial charge < -0.3 is 14.8 Å². The molecule has 1 aromatic heterocycles. The standard InChI is InChI=1S/C19H26N2O3/c1-6-24-16-10-9-15(14-8-7-11-20-17(14)16)21-18(22)19(4,23-5)12-13(2)3/h7-11,13H,6,12H2,1-5H3,(H,21,22). The largest absolute Gasteiger partial charge is 0.492 e. The maximum atomic E-state index is 12.8. The first-order valence-electron chi connectivity index (χ1n) is 8.28. The summed E-state index contributed by atoms with van der Waals surface area (Å²) in [5.41, 5.74) is 0.570. The fourth-order valence-electron chi connectivity index (χ4n) is 2.83. The first kappa shape index (κ1) is 18.2. The van der Waals surface area contributed by atoms with Crippen molar-refractivity contribution < 1.29 is 14.3 Å². The second-order valence-electron chi connectivity index (χ2n) is 6.43. The molecule has 0 aliphatic carbocycles. The number of aromatic nitrogens is 1. The molecule has 1 N–H and O–H groups in total. The second kappa shape index (κ2) is 7.62. The van der Waals surface area contributed by atoms with Crippen LogP contribution in [0.3, 0.4) is 0 Å². The van der Waals surface area contributed by atoms with Gasteiger partial charge in [0, 0.05) is 18.7 Å². The maximum Gasteiger partial charge on any atom is 0.256 e. The van der Waals surface area contributed by atoms with E-state index in [2.05, 4.69) is 24.1 Å². The van der Waals surface area contributed by atoms with Crippen molar-refractivity contribution in [3.05, 3.63) is 30.5 Å². The van der Waals surface area contributed by atoms with Crippen LogP contribution in [-0.2, 0) is 9.53 Å². The van der Waals surface area contributed by atoms with Crippen molar-refractivity contribution in [2.45, 2.75) is 39.7 Å². The van der Waals surface area contributed by atoms with Gasteiger partial charge in [0.15, 0.2) is 0 Å². The van der Waals surface area contributed by atoms with Gasteiger partial charge in [-0.3, -0.25) is 9.78 Å². The number of fused-ring (bicyclic) bond motifs is 1. The summed E-state index contributed by atoms with van der Waals surface area (Å²) in [6.07, 6.45) is 2.36. The van der Waals surface area contributed by atoms with Crippen LogP contribution in [0.5, 0.6) is 5.75 Å². The number of rotatable bonds is 7.